The molecular formula is C96H68N2O3. The average Bonchev–Trinajstić information content (AvgIpc) is 1.51. The number of rotatable bonds is 6. The molecule has 4 aromatic heterocycles. The fraction of sp³-hybridized carbons (Fsp3) is 0.125. The van der Waals surface area contributed by atoms with E-state index in [-0.39, 0.29) is 5.41 Å². The van der Waals surface area contributed by atoms with Gasteiger partial charge in [-0.25, -0.2) is 0 Å². The number of furan rings is 3. The van der Waals surface area contributed by atoms with Gasteiger partial charge < -0.3 is 22.7 Å². The fourth-order valence-electron chi connectivity index (χ4n) is 19.7. The van der Waals surface area contributed by atoms with Crippen LogP contribution in [0.25, 0.3) is 160 Å². The number of anilines is 3. The van der Waals surface area contributed by atoms with Crippen LogP contribution in [0.5, 0.6) is 0 Å². The number of fused-ring (bicyclic) bond motifs is 29. The lowest BCUT2D eigenvalue weighted by molar-refractivity contribution is 0.600. The van der Waals surface area contributed by atoms with E-state index in [0.717, 1.165) is 106 Å². The van der Waals surface area contributed by atoms with E-state index in [4.69, 9.17) is 13.3 Å². The highest BCUT2D eigenvalue weighted by atomic mass is 16.3. The summed E-state index contributed by atoms with van der Waals surface area (Å²) in [6.07, 6.45) is 0. The summed E-state index contributed by atoms with van der Waals surface area (Å²) in [4.78, 5) is 2.57. The van der Waals surface area contributed by atoms with Gasteiger partial charge in [-0.15, -0.1) is 0 Å². The maximum absolute atomic E-state index is 7.27. The molecule has 0 bridgehead atoms. The molecule has 0 saturated heterocycles. The molecule has 0 fully saturated rings. The molecule has 18 aromatic rings. The van der Waals surface area contributed by atoms with Crippen LogP contribution in [0.1, 0.15) is 99.9 Å². The lowest BCUT2D eigenvalue weighted by atomic mass is 9.72. The smallest absolute Gasteiger partial charge is 0.144 e. The molecule has 0 atom stereocenters. The molecule has 0 radical (unpaired) electrons. The fourth-order valence-corrected chi connectivity index (χ4v) is 19.7. The summed E-state index contributed by atoms with van der Waals surface area (Å²) in [6.45, 7) is 19.5. The van der Waals surface area contributed by atoms with E-state index in [2.05, 4.69) is 332 Å². The Labute approximate surface area is 584 Å². The van der Waals surface area contributed by atoms with Crippen LogP contribution in [0.4, 0.5) is 17.1 Å². The van der Waals surface area contributed by atoms with Crippen molar-refractivity contribution in [1.82, 2.24) is 4.57 Å². The Hall–Kier alpha value is -11.9. The molecule has 0 unspecified atom stereocenters. The Bertz CT molecular complexity index is 6760. The van der Waals surface area contributed by atoms with Crippen molar-refractivity contribution in [2.75, 3.05) is 4.90 Å². The van der Waals surface area contributed by atoms with E-state index < -0.39 is 16.2 Å². The molecule has 0 amide bonds. The summed E-state index contributed by atoms with van der Waals surface area (Å²) in [7, 11) is 0. The van der Waals surface area contributed by atoms with E-state index in [1.54, 1.807) is 0 Å². The molecule has 0 spiro atoms. The molecule has 4 heterocycles. The first-order valence-corrected chi connectivity index (χ1v) is 35.6. The largest absolute Gasteiger partial charge is 0.455 e. The van der Waals surface area contributed by atoms with Gasteiger partial charge in [0.2, 0.25) is 0 Å². The summed E-state index contributed by atoms with van der Waals surface area (Å²) in [5.41, 5.74) is 35.7. The zero-order chi connectivity index (χ0) is 67.5. The van der Waals surface area contributed by atoms with Crippen LogP contribution < -0.4 is 4.90 Å². The van der Waals surface area contributed by atoms with E-state index in [0.29, 0.717) is 0 Å². The van der Waals surface area contributed by atoms with Crippen LogP contribution in [0.15, 0.2) is 280 Å². The third kappa shape index (κ3) is 7.25. The Morgan fingerprint density at radius 1 is 0.267 bits per heavy atom. The van der Waals surface area contributed by atoms with Gasteiger partial charge in [-0.2, -0.15) is 0 Å². The van der Waals surface area contributed by atoms with Crippen molar-refractivity contribution in [3.05, 3.63) is 311 Å². The summed E-state index contributed by atoms with van der Waals surface area (Å²) >= 11 is 0. The molecular weight excluding hydrogens is 1230 g/mol. The first-order valence-electron chi connectivity index (χ1n) is 35.6. The number of para-hydroxylation sites is 5. The van der Waals surface area contributed by atoms with Crippen LogP contribution in [0.3, 0.4) is 0 Å². The van der Waals surface area contributed by atoms with Crippen LogP contribution in [0.2, 0.25) is 0 Å². The van der Waals surface area contributed by atoms with E-state index in [1.165, 1.54) is 116 Å². The van der Waals surface area contributed by atoms with E-state index in [1.807, 2.05) is 0 Å². The van der Waals surface area contributed by atoms with E-state index in [9.17, 15) is 0 Å². The highest BCUT2D eigenvalue weighted by Crippen LogP contribution is 2.65. The number of hydrogen-bond donors (Lipinski definition) is 0. The van der Waals surface area contributed by atoms with Crippen LogP contribution >= 0.6 is 0 Å². The molecule has 0 N–H and O–H groups in total. The van der Waals surface area contributed by atoms with Gasteiger partial charge in [0, 0.05) is 104 Å². The first kappa shape index (κ1) is 57.0. The Morgan fingerprint density at radius 2 is 0.683 bits per heavy atom. The Balaban J connectivity index is 0.776. The lowest BCUT2D eigenvalue weighted by Crippen LogP contribution is -2.24. The Kier molecular flexibility index (Phi) is 11.0. The second-order valence-corrected chi connectivity index (χ2v) is 30.9. The predicted molar refractivity (Wildman–Crippen MR) is 418 cm³/mol. The highest BCUT2D eigenvalue weighted by Gasteiger charge is 2.50. The molecule has 480 valence electrons. The SMILES string of the molecule is CC1(C)c2cc(N(c3ccc4c(c3)C(C)(C)c3cc(-c5cccc6c5c5ccccc5n6-c5ccccc5)c5oc6ccccc6c5c3-4)c3ccc4c(c3)C(C)(C)c3c5c(c6oc7ccccc7c6c3-4)-c3ccccc3C5(C)C)ccc2-c2c1cc(-c1ccccc1)c1oc3ccccc3c21. The number of benzene rings is 14. The van der Waals surface area contributed by atoms with Crippen molar-refractivity contribution in [1.29, 1.82) is 0 Å². The minimum atomic E-state index is -0.457. The summed E-state index contributed by atoms with van der Waals surface area (Å²) in [5.74, 6) is 0. The van der Waals surface area contributed by atoms with Crippen molar-refractivity contribution in [2.45, 2.75) is 77.0 Å². The van der Waals surface area contributed by atoms with Gasteiger partial charge in [-0.1, -0.05) is 231 Å². The first-order chi connectivity index (χ1) is 49.2. The van der Waals surface area contributed by atoms with Gasteiger partial charge >= 0.3 is 0 Å². The van der Waals surface area contributed by atoms with Crippen molar-refractivity contribution >= 4 is 105 Å². The van der Waals surface area contributed by atoms with Crippen LogP contribution in [-0.2, 0) is 21.7 Å². The van der Waals surface area contributed by atoms with Crippen LogP contribution in [-0.4, -0.2) is 4.57 Å². The molecule has 14 aromatic carbocycles. The van der Waals surface area contributed by atoms with Crippen molar-refractivity contribution < 1.29 is 13.3 Å². The number of hydrogen-bond acceptors (Lipinski definition) is 4. The average molecular weight is 1300 g/mol. The van der Waals surface area contributed by atoms with Crippen LogP contribution in [0, 0.1) is 0 Å². The van der Waals surface area contributed by atoms with Gasteiger partial charge in [0.1, 0.15) is 33.5 Å². The monoisotopic (exact) mass is 1300 g/mol. The third-order valence-electron chi connectivity index (χ3n) is 24.3. The molecule has 4 aliphatic carbocycles. The maximum Gasteiger partial charge on any atom is 0.144 e. The predicted octanol–water partition coefficient (Wildman–Crippen LogP) is 26.5. The second-order valence-electron chi connectivity index (χ2n) is 30.9. The molecule has 22 rings (SSSR count). The topological polar surface area (TPSA) is 47.6 Å². The van der Waals surface area contributed by atoms with Crippen molar-refractivity contribution in [3.8, 4) is 72.4 Å². The molecule has 101 heavy (non-hydrogen) atoms. The summed E-state index contributed by atoms with van der Waals surface area (Å²) < 4.78 is 23.8. The zero-order valence-electron chi connectivity index (χ0n) is 57.5. The standard InChI is InChI=1S/C96H68N2O3/c1-93(2)70-48-55(42-45-60(70)81-73(93)51-67(53-26-11-9-12-27-53)90-84(81)64-32-17-22-39-77(64)99-90)97(57-44-47-62-72(50-57)96(7,8)88-83(62)86-66-34-19-24-41-79(66)101-92(86)87-59-30-15-20-36-69(59)95(5,6)89(87)88)56-43-46-61-71(49-56)94(3,4)74-52-68(91-85(82(61)74)65-33-18-23-40-78(65)100-91)58-35-25-38-76-80(58)63-31-16-21-37-75(63)98(76)54-28-13-10-14-29-54/h9-52H,1-8H3. The quantitative estimate of drug-likeness (QED) is 0.166. The van der Waals surface area contributed by atoms with E-state index >= 15 is 0 Å². The highest BCUT2D eigenvalue weighted by molar-refractivity contribution is 6.25. The molecule has 4 aliphatic rings. The van der Waals surface area contributed by atoms with Crippen molar-refractivity contribution in [2.24, 2.45) is 0 Å². The van der Waals surface area contributed by atoms with Crippen molar-refractivity contribution in [3.63, 3.8) is 0 Å². The van der Waals surface area contributed by atoms with Gasteiger partial charge in [-0.05, 0) is 186 Å². The zero-order valence-corrected chi connectivity index (χ0v) is 57.5. The molecule has 0 saturated carbocycles. The minimum Gasteiger partial charge on any atom is -0.455 e. The van der Waals surface area contributed by atoms with Gasteiger partial charge in [0.15, 0.2) is 0 Å². The Morgan fingerprint density at radius 3 is 1.28 bits per heavy atom. The third-order valence-corrected chi connectivity index (χ3v) is 24.3. The number of aromatic nitrogens is 1. The normalized spacial score (nSPS) is 15.2. The van der Waals surface area contributed by atoms with Gasteiger partial charge in [0.25, 0.3) is 0 Å². The minimum absolute atomic E-state index is 0.289. The molecule has 0 aliphatic heterocycles. The summed E-state index contributed by atoms with van der Waals surface area (Å²) in [6, 6.07) is 99.2. The number of nitrogens with zero attached hydrogens (tertiary/aromatic N) is 2. The van der Waals surface area contributed by atoms with Gasteiger partial charge in [-0.3, -0.25) is 0 Å². The summed E-state index contributed by atoms with van der Waals surface area (Å²) in [5, 5.41) is 9.35. The van der Waals surface area contributed by atoms with Gasteiger partial charge in [0.05, 0.1) is 11.0 Å². The maximum atomic E-state index is 7.27. The second kappa shape index (κ2) is 19.5. The molecule has 5 nitrogen and oxygen atoms in total. The molecule has 5 heteroatoms. The lowest BCUT2D eigenvalue weighted by Gasteiger charge is -2.32.